The van der Waals surface area contributed by atoms with Crippen LogP contribution >= 0.6 is 11.6 Å². The van der Waals surface area contributed by atoms with Crippen molar-refractivity contribution in [1.82, 2.24) is 24.9 Å². The highest BCUT2D eigenvalue weighted by molar-refractivity contribution is 6.32. The summed E-state index contributed by atoms with van der Waals surface area (Å²) in [5.41, 5.74) is -0.364. The highest BCUT2D eigenvalue weighted by Crippen LogP contribution is 2.36. The third-order valence-corrected chi connectivity index (χ3v) is 3.91. The van der Waals surface area contributed by atoms with Gasteiger partial charge in [-0.25, -0.2) is 0 Å². The van der Waals surface area contributed by atoms with E-state index in [4.69, 9.17) is 11.6 Å². The molecule has 1 amide bonds. The monoisotopic (exact) mass is 378 g/mol. The van der Waals surface area contributed by atoms with E-state index >= 15 is 0 Å². The van der Waals surface area contributed by atoms with Gasteiger partial charge in [0.1, 0.15) is 6.04 Å². The Labute approximate surface area is 147 Å². The van der Waals surface area contributed by atoms with E-state index in [1.54, 1.807) is 6.07 Å². The summed E-state index contributed by atoms with van der Waals surface area (Å²) in [7, 11) is 3.76. The van der Waals surface area contributed by atoms with Gasteiger partial charge in [-0.1, -0.05) is 11.6 Å². The minimum absolute atomic E-state index is 0.0620. The predicted octanol–water partition coefficient (Wildman–Crippen LogP) is 2.85. The fraction of sp³-hybridized carbons (Fsp3) is 0.500. The summed E-state index contributed by atoms with van der Waals surface area (Å²) in [5.74, 6) is -0.278. The Morgan fingerprint density at radius 1 is 1.48 bits per heavy atom. The molecule has 2 N–H and O–H groups in total. The molecule has 0 spiro atoms. The number of H-pyrrole nitrogens is 1. The van der Waals surface area contributed by atoms with Crippen molar-refractivity contribution in [3.8, 4) is 0 Å². The largest absolute Gasteiger partial charge is 0.436 e. The molecule has 25 heavy (non-hydrogen) atoms. The zero-order valence-corrected chi connectivity index (χ0v) is 14.8. The summed E-state index contributed by atoms with van der Waals surface area (Å²) in [6, 6.07) is 0.650. The Morgan fingerprint density at radius 2 is 2.12 bits per heavy atom. The van der Waals surface area contributed by atoms with Crippen molar-refractivity contribution >= 4 is 23.3 Å². The van der Waals surface area contributed by atoms with Crippen LogP contribution in [-0.4, -0.2) is 44.9 Å². The molecule has 1 unspecified atom stereocenters. The SMILES string of the molecule is Cc1c(Cl)c(C(F)(F)F)nn1C(C)C(=O)Nc1cc(CN(C)C)[nH]n1. The Bertz CT molecular complexity index is 767. The molecule has 2 aromatic heterocycles. The molecule has 2 rings (SSSR count). The van der Waals surface area contributed by atoms with Gasteiger partial charge in [-0.15, -0.1) is 0 Å². The first-order chi connectivity index (χ1) is 11.5. The number of rotatable bonds is 5. The summed E-state index contributed by atoms with van der Waals surface area (Å²) >= 11 is 5.70. The molecule has 2 aromatic rings. The summed E-state index contributed by atoms with van der Waals surface area (Å²) in [6.07, 6.45) is -4.69. The van der Waals surface area contributed by atoms with E-state index in [0.717, 1.165) is 10.4 Å². The quantitative estimate of drug-likeness (QED) is 0.838. The lowest BCUT2D eigenvalue weighted by Gasteiger charge is -2.13. The summed E-state index contributed by atoms with van der Waals surface area (Å²) in [5, 5.41) is 12.2. The number of aromatic amines is 1. The van der Waals surface area contributed by atoms with Crippen LogP contribution in [0.15, 0.2) is 6.07 Å². The number of anilines is 1. The third-order valence-electron chi connectivity index (χ3n) is 3.46. The molecule has 0 aliphatic heterocycles. The lowest BCUT2D eigenvalue weighted by molar-refractivity contribution is -0.141. The van der Waals surface area contributed by atoms with Crippen molar-refractivity contribution in [3.63, 3.8) is 0 Å². The van der Waals surface area contributed by atoms with Crippen LogP contribution < -0.4 is 5.32 Å². The molecule has 2 heterocycles. The van der Waals surface area contributed by atoms with Gasteiger partial charge in [-0.2, -0.15) is 23.4 Å². The van der Waals surface area contributed by atoms with E-state index in [1.165, 1.54) is 13.8 Å². The van der Waals surface area contributed by atoms with E-state index in [9.17, 15) is 18.0 Å². The lowest BCUT2D eigenvalue weighted by Crippen LogP contribution is -2.25. The molecule has 0 bridgehead atoms. The van der Waals surface area contributed by atoms with Crippen LogP contribution in [0.4, 0.5) is 19.0 Å². The number of alkyl halides is 3. The Balaban J connectivity index is 2.16. The third kappa shape index (κ3) is 4.31. The maximum Gasteiger partial charge on any atom is 0.436 e. The van der Waals surface area contributed by atoms with Crippen LogP contribution in [0, 0.1) is 6.92 Å². The molecular formula is C14H18ClF3N6O. The minimum Gasteiger partial charge on any atom is -0.307 e. The second kappa shape index (κ2) is 7.04. The minimum atomic E-state index is -4.69. The number of aromatic nitrogens is 4. The molecular weight excluding hydrogens is 361 g/mol. The maximum absolute atomic E-state index is 12.9. The van der Waals surface area contributed by atoms with Gasteiger partial charge in [0.25, 0.3) is 0 Å². The van der Waals surface area contributed by atoms with E-state index in [0.29, 0.717) is 6.54 Å². The summed E-state index contributed by atoms with van der Waals surface area (Å²) < 4.78 is 39.6. The summed E-state index contributed by atoms with van der Waals surface area (Å²) in [6.45, 7) is 3.40. The second-order valence-corrected chi connectivity index (χ2v) is 6.25. The molecule has 11 heteroatoms. The first-order valence-electron chi connectivity index (χ1n) is 7.32. The number of carbonyl (C=O) groups is 1. The average Bonchev–Trinajstić information content (AvgIpc) is 3.03. The number of carbonyl (C=O) groups excluding carboxylic acids is 1. The maximum atomic E-state index is 12.9. The lowest BCUT2D eigenvalue weighted by atomic mass is 10.3. The van der Waals surface area contributed by atoms with Gasteiger partial charge >= 0.3 is 6.18 Å². The van der Waals surface area contributed by atoms with Gasteiger partial charge in [-0.3, -0.25) is 14.6 Å². The number of nitrogens with zero attached hydrogens (tertiary/aromatic N) is 4. The van der Waals surface area contributed by atoms with Crippen LogP contribution in [0.25, 0.3) is 0 Å². The van der Waals surface area contributed by atoms with Gasteiger partial charge in [-0.05, 0) is 27.9 Å². The normalized spacial score (nSPS) is 13.3. The Kier molecular flexibility index (Phi) is 5.43. The molecule has 1 atom stereocenters. The Morgan fingerprint density at radius 3 is 2.64 bits per heavy atom. The molecule has 0 aliphatic carbocycles. The van der Waals surface area contributed by atoms with Crippen molar-refractivity contribution in [3.05, 3.63) is 28.2 Å². The number of halogens is 4. The number of hydrogen-bond acceptors (Lipinski definition) is 4. The molecule has 0 radical (unpaired) electrons. The van der Waals surface area contributed by atoms with E-state index < -0.39 is 28.8 Å². The van der Waals surface area contributed by atoms with Crippen molar-refractivity contribution in [1.29, 1.82) is 0 Å². The molecule has 0 fully saturated rings. The number of hydrogen-bond donors (Lipinski definition) is 2. The van der Waals surface area contributed by atoms with Crippen LogP contribution in [0.3, 0.4) is 0 Å². The van der Waals surface area contributed by atoms with Crippen molar-refractivity contribution in [2.75, 3.05) is 19.4 Å². The zero-order valence-electron chi connectivity index (χ0n) is 14.1. The van der Waals surface area contributed by atoms with E-state index in [2.05, 4.69) is 20.6 Å². The first kappa shape index (κ1) is 19.3. The van der Waals surface area contributed by atoms with Crippen LogP contribution in [0.2, 0.25) is 5.02 Å². The molecule has 7 nitrogen and oxygen atoms in total. The van der Waals surface area contributed by atoms with Gasteiger partial charge in [0, 0.05) is 12.6 Å². The predicted molar refractivity (Wildman–Crippen MR) is 86.3 cm³/mol. The van der Waals surface area contributed by atoms with Crippen molar-refractivity contribution in [2.45, 2.75) is 32.6 Å². The smallest absolute Gasteiger partial charge is 0.307 e. The average molecular weight is 379 g/mol. The molecule has 0 saturated carbocycles. The first-order valence-corrected chi connectivity index (χ1v) is 7.70. The number of nitrogens with one attached hydrogen (secondary N) is 2. The van der Waals surface area contributed by atoms with Crippen LogP contribution in [-0.2, 0) is 17.5 Å². The van der Waals surface area contributed by atoms with Gasteiger partial charge in [0.15, 0.2) is 11.5 Å². The molecule has 0 saturated heterocycles. The zero-order chi connectivity index (χ0) is 18.9. The second-order valence-electron chi connectivity index (χ2n) is 5.87. The molecule has 138 valence electrons. The fourth-order valence-corrected chi connectivity index (χ4v) is 2.48. The van der Waals surface area contributed by atoms with Crippen molar-refractivity contribution < 1.29 is 18.0 Å². The highest BCUT2D eigenvalue weighted by Gasteiger charge is 2.39. The molecule has 0 aromatic carbocycles. The number of amides is 1. The van der Waals surface area contributed by atoms with Gasteiger partial charge in [0.05, 0.1) is 16.4 Å². The topological polar surface area (TPSA) is 78.8 Å². The Hall–Kier alpha value is -2.07. The van der Waals surface area contributed by atoms with Gasteiger partial charge < -0.3 is 10.2 Å². The standard InChI is InChI=1S/C14H18ClF3N6O/c1-7-11(15)12(14(16,17)18)22-24(7)8(2)13(25)19-10-5-9(20-21-10)6-23(3)4/h5,8H,6H2,1-4H3,(H2,19,20,21,25). The van der Waals surface area contributed by atoms with E-state index in [1.807, 2.05) is 19.0 Å². The fourth-order valence-electron chi connectivity index (χ4n) is 2.25. The molecule has 0 aliphatic rings. The van der Waals surface area contributed by atoms with Crippen LogP contribution in [0.5, 0.6) is 0 Å². The van der Waals surface area contributed by atoms with E-state index in [-0.39, 0.29) is 11.5 Å². The van der Waals surface area contributed by atoms with Crippen LogP contribution in [0.1, 0.15) is 30.0 Å². The van der Waals surface area contributed by atoms with Crippen molar-refractivity contribution in [2.24, 2.45) is 0 Å². The summed E-state index contributed by atoms with van der Waals surface area (Å²) in [4.78, 5) is 14.2. The van der Waals surface area contributed by atoms with Gasteiger partial charge in [0.2, 0.25) is 5.91 Å². The highest BCUT2D eigenvalue weighted by atomic mass is 35.5.